The Balaban J connectivity index is 1.39. The van der Waals surface area contributed by atoms with Crippen molar-refractivity contribution in [1.29, 1.82) is 0 Å². The average molecular weight is 367 g/mol. The van der Waals surface area contributed by atoms with Crippen molar-refractivity contribution in [3.8, 4) is 0 Å². The number of rotatable bonds is 4. The van der Waals surface area contributed by atoms with Gasteiger partial charge in [-0.05, 0) is 18.4 Å². The zero-order valence-electron chi connectivity index (χ0n) is 15.5. The number of nitrogens with zero attached hydrogens (tertiary/aromatic N) is 4. The first-order chi connectivity index (χ1) is 13.3. The van der Waals surface area contributed by atoms with E-state index in [-0.39, 0.29) is 17.9 Å². The Morgan fingerprint density at radius 1 is 1.15 bits per heavy atom. The molecular formula is C20H25N5O2. The first-order valence-corrected chi connectivity index (χ1v) is 9.52. The van der Waals surface area contributed by atoms with E-state index in [4.69, 9.17) is 4.84 Å². The molecule has 3 heterocycles. The SMILES string of the molecule is CNc1cc(N2CCC(C(=O)N3OCC[C@H]3c3ccccc3)CC2)ncn1. The fraction of sp³-hybridized carbons (Fsp3) is 0.450. The van der Waals surface area contributed by atoms with Gasteiger partial charge in [0.05, 0.1) is 12.6 Å². The lowest BCUT2D eigenvalue weighted by molar-refractivity contribution is -0.182. The summed E-state index contributed by atoms with van der Waals surface area (Å²) in [5, 5.41) is 4.66. The first-order valence-electron chi connectivity index (χ1n) is 9.52. The minimum Gasteiger partial charge on any atom is -0.373 e. The van der Waals surface area contributed by atoms with Gasteiger partial charge in [0.15, 0.2) is 0 Å². The average Bonchev–Trinajstić information content (AvgIpc) is 3.24. The molecule has 0 aliphatic carbocycles. The normalized spacial score (nSPS) is 20.7. The van der Waals surface area contributed by atoms with E-state index in [1.807, 2.05) is 31.3 Å². The van der Waals surface area contributed by atoms with Gasteiger partial charge in [0, 0.05) is 38.5 Å². The van der Waals surface area contributed by atoms with Gasteiger partial charge in [-0.25, -0.2) is 15.0 Å². The molecule has 1 atom stereocenters. The number of anilines is 2. The molecule has 0 unspecified atom stereocenters. The van der Waals surface area contributed by atoms with E-state index < -0.39 is 0 Å². The fourth-order valence-corrected chi connectivity index (χ4v) is 3.86. The van der Waals surface area contributed by atoms with E-state index in [0.29, 0.717) is 6.61 Å². The molecule has 2 aliphatic rings. The van der Waals surface area contributed by atoms with E-state index in [1.165, 1.54) is 0 Å². The standard InChI is InChI=1S/C20H25N5O2/c1-21-18-13-19(23-14-22-18)24-10-7-16(8-11-24)20(26)25-17(9-12-27-25)15-5-3-2-4-6-15/h2-6,13-14,16-17H,7-12H2,1H3,(H,21,22,23)/t17-/m0/s1. The van der Waals surface area contributed by atoms with Crippen molar-refractivity contribution in [3.63, 3.8) is 0 Å². The molecule has 1 aromatic carbocycles. The van der Waals surface area contributed by atoms with Crippen LogP contribution in [0, 0.1) is 5.92 Å². The van der Waals surface area contributed by atoms with E-state index in [9.17, 15) is 4.79 Å². The third-order valence-electron chi connectivity index (χ3n) is 5.38. The quantitative estimate of drug-likeness (QED) is 0.896. The molecule has 142 valence electrons. The summed E-state index contributed by atoms with van der Waals surface area (Å²) in [5.41, 5.74) is 1.14. The van der Waals surface area contributed by atoms with Gasteiger partial charge >= 0.3 is 0 Å². The summed E-state index contributed by atoms with van der Waals surface area (Å²) < 4.78 is 0. The van der Waals surface area contributed by atoms with Crippen LogP contribution in [0.4, 0.5) is 11.6 Å². The van der Waals surface area contributed by atoms with Crippen molar-refractivity contribution in [1.82, 2.24) is 15.0 Å². The number of carbonyl (C=O) groups is 1. The maximum absolute atomic E-state index is 13.1. The van der Waals surface area contributed by atoms with Gasteiger partial charge in [0.2, 0.25) is 5.91 Å². The van der Waals surface area contributed by atoms with Gasteiger partial charge in [0.25, 0.3) is 0 Å². The number of hydroxylamine groups is 2. The highest BCUT2D eigenvalue weighted by Gasteiger charge is 2.37. The van der Waals surface area contributed by atoms with Gasteiger partial charge in [-0.3, -0.25) is 9.63 Å². The monoisotopic (exact) mass is 367 g/mol. The van der Waals surface area contributed by atoms with E-state index in [1.54, 1.807) is 11.4 Å². The third-order valence-corrected chi connectivity index (χ3v) is 5.38. The smallest absolute Gasteiger partial charge is 0.249 e. The predicted octanol–water partition coefficient (Wildman–Crippen LogP) is 2.64. The largest absolute Gasteiger partial charge is 0.373 e. The summed E-state index contributed by atoms with van der Waals surface area (Å²) in [4.78, 5) is 29.5. The second-order valence-electron chi connectivity index (χ2n) is 6.99. The Labute approximate surface area is 159 Å². The topological polar surface area (TPSA) is 70.6 Å². The number of carbonyl (C=O) groups excluding carboxylic acids is 1. The Hall–Kier alpha value is -2.67. The molecule has 2 aliphatic heterocycles. The van der Waals surface area contributed by atoms with Gasteiger partial charge in [-0.2, -0.15) is 0 Å². The van der Waals surface area contributed by atoms with Crippen molar-refractivity contribution in [2.75, 3.05) is 37.0 Å². The molecule has 7 nitrogen and oxygen atoms in total. The molecule has 1 amide bonds. The van der Waals surface area contributed by atoms with Crippen LogP contribution in [0.3, 0.4) is 0 Å². The maximum atomic E-state index is 13.1. The van der Waals surface area contributed by atoms with Gasteiger partial charge < -0.3 is 10.2 Å². The van der Waals surface area contributed by atoms with Crippen LogP contribution in [0.5, 0.6) is 0 Å². The summed E-state index contributed by atoms with van der Waals surface area (Å²) in [7, 11) is 1.84. The molecule has 2 aromatic rings. The Morgan fingerprint density at radius 3 is 2.67 bits per heavy atom. The highest BCUT2D eigenvalue weighted by atomic mass is 16.7. The van der Waals surface area contributed by atoms with Crippen molar-refractivity contribution >= 4 is 17.5 Å². The van der Waals surface area contributed by atoms with Crippen molar-refractivity contribution in [2.45, 2.75) is 25.3 Å². The molecule has 2 fully saturated rings. The third kappa shape index (κ3) is 3.73. The van der Waals surface area contributed by atoms with Crippen LogP contribution in [0.15, 0.2) is 42.7 Å². The number of aromatic nitrogens is 2. The molecule has 0 radical (unpaired) electrons. The van der Waals surface area contributed by atoms with Gasteiger partial charge in [0.1, 0.15) is 18.0 Å². The van der Waals surface area contributed by atoms with Crippen LogP contribution in [-0.4, -0.2) is 47.7 Å². The van der Waals surface area contributed by atoms with Gasteiger partial charge in [-0.15, -0.1) is 0 Å². The lowest BCUT2D eigenvalue weighted by Gasteiger charge is -2.34. The number of hydrogen-bond donors (Lipinski definition) is 1. The highest BCUT2D eigenvalue weighted by molar-refractivity contribution is 5.79. The van der Waals surface area contributed by atoms with E-state index >= 15 is 0 Å². The molecule has 0 bridgehead atoms. The molecular weight excluding hydrogens is 342 g/mol. The van der Waals surface area contributed by atoms with Crippen molar-refractivity contribution in [2.24, 2.45) is 5.92 Å². The van der Waals surface area contributed by atoms with Crippen molar-refractivity contribution in [3.05, 3.63) is 48.3 Å². The van der Waals surface area contributed by atoms with Crippen LogP contribution < -0.4 is 10.2 Å². The van der Waals surface area contributed by atoms with E-state index in [0.717, 1.165) is 49.6 Å². The second-order valence-corrected chi connectivity index (χ2v) is 6.99. The summed E-state index contributed by atoms with van der Waals surface area (Å²) in [6.07, 6.45) is 4.03. The Kier molecular flexibility index (Phi) is 5.20. The Morgan fingerprint density at radius 2 is 1.93 bits per heavy atom. The zero-order valence-corrected chi connectivity index (χ0v) is 15.5. The summed E-state index contributed by atoms with van der Waals surface area (Å²) in [5.74, 6) is 1.81. The molecule has 4 rings (SSSR count). The van der Waals surface area contributed by atoms with Crippen LogP contribution in [0.25, 0.3) is 0 Å². The van der Waals surface area contributed by atoms with Crippen molar-refractivity contribution < 1.29 is 9.63 Å². The van der Waals surface area contributed by atoms with Crippen LogP contribution in [0.1, 0.15) is 30.9 Å². The zero-order chi connectivity index (χ0) is 18.6. The summed E-state index contributed by atoms with van der Waals surface area (Å²) in [6.45, 7) is 2.21. The first kappa shape index (κ1) is 17.7. The number of hydrogen-bond acceptors (Lipinski definition) is 6. The molecule has 1 aromatic heterocycles. The summed E-state index contributed by atoms with van der Waals surface area (Å²) in [6, 6.07) is 12.1. The minimum atomic E-state index is -0.00355. The molecule has 0 saturated carbocycles. The molecule has 1 N–H and O–H groups in total. The maximum Gasteiger partial charge on any atom is 0.249 e. The highest BCUT2D eigenvalue weighted by Crippen LogP contribution is 2.33. The lowest BCUT2D eigenvalue weighted by Crippen LogP contribution is -2.42. The summed E-state index contributed by atoms with van der Waals surface area (Å²) >= 11 is 0. The lowest BCUT2D eigenvalue weighted by atomic mass is 9.94. The number of piperidine rings is 1. The molecule has 27 heavy (non-hydrogen) atoms. The number of benzene rings is 1. The molecule has 2 saturated heterocycles. The second kappa shape index (κ2) is 7.92. The van der Waals surface area contributed by atoms with Crippen LogP contribution in [0.2, 0.25) is 0 Å². The molecule has 7 heteroatoms. The Bertz CT molecular complexity index is 777. The predicted molar refractivity (Wildman–Crippen MR) is 103 cm³/mol. The van der Waals surface area contributed by atoms with Gasteiger partial charge in [-0.1, -0.05) is 30.3 Å². The number of nitrogens with one attached hydrogen (secondary N) is 1. The van der Waals surface area contributed by atoms with E-state index in [2.05, 4.69) is 32.3 Å². The fourth-order valence-electron chi connectivity index (χ4n) is 3.86. The number of amides is 1. The van der Waals surface area contributed by atoms with Crippen LogP contribution >= 0.6 is 0 Å². The van der Waals surface area contributed by atoms with Crippen LogP contribution in [-0.2, 0) is 9.63 Å². The molecule has 0 spiro atoms. The minimum absolute atomic E-state index is 0.00355.